The third kappa shape index (κ3) is 9.86. The molecule has 0 unspecified atom stereocenters. The van der Waals surface area contributed by atoms with Crippen LogP contribution in [0.1, 0.15) is 52.7 Å². The van der Waals surface area contributed by atoms with E-state index in [0.29, 0.717) is 0 Å². The molecule has 1 aromatic heterocycles. The van der Waals surface area contributed by atoms with Crippen LogP contribution in [0.4, 0.5) is 4.79 Å². The Morgan fingerprint density at radius 1 is 1.25 bits per heavy atom. The normalized spacial score (nSPS) is 11.2. The number of methoxy groups -OCH3 is 1. The van der Waals surface area contributed by atoms with Gasteiger partial charge >= 0.3 is 6.09 Å². The largest absolute Gasteiger partial charge is 0.453 e. The fraction of sp³-hybridized carbons (Fsp3) is 0.435. The summed E-state index contributed by atoms with van der Waals surface area (Å²) >= 11 is 0. The number of aromatic nitrogens is 1. The number of aliphatic imine (C=N–C) groups is 1. The van der Waals surface area contributed by atoms with Gasteiger partial charge in [0.2, 0.25) is 0 Å². The van der Waals surface area contributed by atoms with Crippen LogP contribution in [-0.4, -0.2) is 41.9 Å². The van der Waals surface area contributed by atoms with E-state index >= 15 is 0 Å². The molecule has 0 saturated carbocycles. The molecule has 5 heteroatoms. The zero-order chi connectivity index (χ0) is 21.4. The molecule has 154 valence electrons. The van der Waals surface area contributed by atoms with Gasteiger partial charge < -0.3 is 9.64 Å². The van der Waals surface area contributed by atoms with E-state index in [1.165, 1.54) is 7.11 Å². The van der Waals surface area contributed by atoms with E-state index in [1.807, 2.05) is 45.2 Å². The summed E-state index contributed by atoms with van der Waals surface area (Å²) in [5.41, 5.74) is 3.79. The number of amides is 1. The molecule has 0 fully saturated rings. The molecule has 0 radical (unpaired) electrons. The van der Waals surface area contributed by atoms with Gasteiger partial charge in [-0.3, -0.25) is 9.98 Å². The molecule has 0 saturated heterocycles. The van der Waals surface area contributed by atoms with E-state index in [9.17, 15) is 4.79 Å². The lowest BCUT2D eigenvalue weighted by Crippen LogP contribution is -2.32. The fourth-order valence-electron chi connectivity index (χ4n) is 2.35. The van der Waals surface area contributed by atoms with Crippen LogP contribution in [0, 0.1) is 0 Å². The van der Waals surface area contributed by atoms with Gasteiger partial charge in [0.1, 0.15) is 0 Å². The molecule has 0 aliphatic rings. The zero-order valence-electron chi connectivity index (χ0n) is 18.1. The lowest BCUT2D eigenvalue weighted by molar-refractivity contribution is 0.123. The number of carbonyl (C=O) groups is 1. The SMILES string of the molecule is C=CC(=N/C=C(\CC)C(=C)C)c1ccccn1.CCCN(CCC)C(=O)OC. The Morgan fingerprint density at radius 3 is 2.29 bits per heavy atom. The summed E-state index contributed by atoms with van der Waals surface area (Å²) in [7, 11) is 1.42. The first-order chi connectivity index (χ1) is 13.4. The van der Waals surface area contributed by atoms with Gasteiger partial charge in [-0.05, 0) is 50.0 Å². The molecule has 0 aliphatic carbocycles. The van der Waals surface area contributed by atoms with E-state index in [4.69, 9.17) is 0 Å². The fourth-order valence-corrected chi connectivity index (χ4v) is 2.35. The van der Waals surface area contributed by atoms with E-state index in [2.05, 4.69) is 34.8 Å². The summed E-state index contributed by atoms with van der Waals surface area (Å²) in [6.45, 7) is 17.4. The van der Waals surface area contributed by atoms with Crippen LogP contribution in [0.2, 0.25) is 0 Å². The summed E-state index contributed by atoms with van der Waals surface area (Å²) in [5.74, 6) is 0. The maximum atomic E-state index is 11.0. The molecule has 1 rings (SSSR count). The number of rotatable bonds is 9. The van der Waals surface area contributed by atoms with Crippen molar-refractivity contribution in [3.63, 3.8) is 0 Å². The standard InChI is InChI=1S/C15H18N2.C8H17NO2/c1-5-13(12(3)4)11-17-14(6-2)15-9-7-8-10-16-15;1-4-6-9(7-5-2)8(10)11-3/h6-11H,2-3,5H2,1,4H3;4-7H2,1-3H3/b13-11+,17-14?;. The number of carbonyl (C=O) groups excluding carboxylic acids is 1. The number of allylic oxidation sites excluding steroid dienone is 3. The summed E-state index contributed by atoms with van der Waals surface area (Å²) in [6, 6.07) is 5.73. The van der Waals surface area contributed by atoms with Crippen molar-refractivity contribution in [2.75, 3.05) is 20.2 Å². The van der Waals surface area contributed by atoms with Gasteiger partial charge in [0.25, 0.3) is 0 Å². The number of hydrogen-bond acceptors (Lipinski definition) is 4. The average molecular weight is 386 g/mol. The Bertz CT molecular complexity index is 658. The van der Waals surface area contributed by atoms with Gasteiger partial charge in [0.05, 0.1) is 18.5 Å². The van der Waals surface area contributed by atoms with Gasteiger partial charge in [0.15, 0.2) is 0 Å². The van der Waals surface area contributed by atoms with E-state index < -0.39 is 0 Å². The van der Waals surface area contributed by atoms with Crippen LogP contribution >= 0.6 is 0 Å². The van der Waals surface area contributed by atoms with Crippen molar-refractivity contribution in [3.05, 3.63) is 66.7 Å². The minimum Gasteiger partial charge on any atom is -0.453 e. The van der Waals surface area contributed by atoms with Crippen LogP contribution in [0.5, 0.6) is 0 Å². The van der Waals surface area contributed by atoms with Crippen molar-refractivity contribution >= 4 is 11.8 Å². The predicted molar refractivity (Wildman–Crippen MR) is 119 cm³/mol. The maximum absolute atomic E-state index is 11.0. The molecular formula is C23H35N3O2. The van der Waals surface area contributed by atoms with Crippen molar-refractivity contribution in [1.82, 2.24) is 9.88 Å². The van der Waals surface area contributed by atoms with Gasteiger partial charge in [-0.15, -0.1) is 0 Å². The van der Waals surface area contributed by atoms with Gasteiger partial charge in [-0.25, -0.2) is 4.79 Å². The van der Waals surface area contributed by atoms with E-state index in [1.54, 1.807) is 17.2 Å². The second kappa shape index (κ2) is 15.4. The zero-order valence-corrected chi connectivity index (χ0v) is 18.1. The number of pyridine rings is 1. The predicted octanol–water partition coefficient (Wildman–Crippen LogP) is 5.80. The second-order valence-corrected chi connectivity index (χ2v) is 6.18. The topological polar surface area (TPSA) is 54.8 Å². The van der Waals surface area contributed by atoms with Crippen LogP contribution in [0.25, 0.3) is 0 Å². The lowest BCUT2D eigenvalue weighted by atomic mass is 10.1. The summed E-state index contributed by atoms with van der Waals surface area (Å²) in [6.07, 6.45) is 7.97. The van der Waals surface area contributed by atoms with Crippen molar-refractivity contribution < 1.29 is 9.53 Å². The van der Waals surface area contributed by atoms with Gasteiger partial charge in [-0.2, -0.15) is 0 Å². The van der Waals surface area contributed by atoms with Crippen LogP contribution in [0.15, 0.2) is 66.0 Å². The van der Waals surface area contributed by atoms with Crippen molar-refractivity contribution in [2.24, 2.45) is 4.99 Å². The maximum Gasteiger partial charge on any atom is 0.409 e. The highest BCUT2D eigenvalue weighted by molar-refractivity contribution is 6.07. The smallest absolute Gasteiger partial charge is 0.409 e. The Morgan fingerprint density at radius 2 is 1.89 bits per heavy atom. The highest BCUT2D eigenvalue weighted by Crippen LogP contribution is 2.11. The monoisotopic (exact) mass is 385 g/mol. The Kier molecular flexibility index (Phi) is 13.9. The average Bonchev–Trinajstić information content (AvgIpc) is 2.71. The van der Waals surface area contributed by atoms with E-state index in [-0.39, 0.29) is 6.09 Å². The molecule has 0 spiro atoms. The molecule has 5 nitrogen and oxygen atoms in total. The van der Waals surface area contributed by atoms with Crippen LogP contribution in [-0.2, 0) is 4.74 Å². The van der Waals surface area contributed by atoms with Crippen molar-refractivity contribution in [3.8, 4) is 0 Å². The van der Waals surface area contributed by atoms with E-state index in [0.717, 1.165) is 54.9 Å². The first-order valence-electron chi connectivity index (χ1n) is 9.74. The first-order valence-corrected chi connectivity index (χ1v) is 9.74. The third-order valence-corrected chi connectivity index (χ3v) is 3.83. The Hall–Kier alpha value is -2.69. The molecule has 0 atom stereocenters. The number of hydrogen-bond donors (Lipinski definition) is 0. The summed E-state index contributed by atoms with van der Waals surface area (Å²) in [5, 5.41) is 0. The molecule has 0 N–H and O–H groups in total. The van der Waals surface area contributed by atoms with Crippen LogP contribution < -0.4 is 0 Å². The molecule has 0 aromatic carbocycles. The van der Waals surface area contributed by atoms with Crippen molar-refractivity contribution in [1.29, 1.82) is 0 Å². The molecule has 1 amide bonds. The highest BCUT2D eigenvalue weighted by atomic mass is 16.5. The minimum absolute atomic E-state index is 0.214. The number of ether oxygens (including phenoxy) is 1. The summed E-state index contributed by atoms with van der Waals surface area (Å²) in [4.78, 5) is 21.4. The molecule has 0 aliphatic heterocycles. The van der Waals surface area contributed by atoms with Crippen molar-refractivity contribution in [2.45, 2.75) is 47.0 Å². The molecule has 0 bridgehead atoms. The molecule has 28 heavy (non-hydrogen) atoms. The lowest BCUT2D eigenvalue weighted by Gasteiger charge is -2.19. The quantitative estimate of drug-likeness (QED) is 0.399. The minimum atomic E-state index is -0.214. The van der Waals surface area contributed by atoms with Gasteiger partial charge in [0, 0.05) is 25.5 Å². The Labute approximate surface area is 170 Å². The number of nitrogens with zero attached hydrogens (tertiary/aromatic N) is 3. The highest BCUT2D eigenvalue weighted by Gasteiger charge is 2.09. The third-order valence-electron chi connectivity index (χ3n) is 3.83. The summed E-state index contributed by atoms with van der Waals surface area (Å²) < 4.78 is 4.60. The second-order valence-electron chi connectivity index (χ2n) is 6.18. The molecular weight excluding hydrogens is 350 g/mol. The van der Waals surface area contributed by atoms with Crippen LogP contribution in [0.3, 0.4) is 0 Å². The molecule has 1 aromatic rings. The molecule has 1 heterocycles. The Balaban J connectivity index is 0.000000576. The van der Waals surface area contributed by atoms with Gasteiger partial charge in [-0.1, -0.05) is 45.6 Å². The first kappa shape index (κ1) is 25.3.